The number of hydrogen-bond acceptors (Lipinski definition) is 3. The number of alkyl halides is 3. The molecule has 24 heavy (non-hydrogen) atoms. The molecule has 0 bridgehead atoms. The van der Waals surface area contributed by atoms with Gasteiger partial charge in [0.15, 0.2) is 0 Å². The number of methoxy groups -OCH3 is 1. The molecule has 0 aliphatic carbocycles. The van der Waals surface area contributed by atoms with Crippen LogP contribution >= 0.6 is 15.9 Å². The highest BCUT2D eigenvalue weighted by Gasteiger charge is 2.35. The van der Waals surface area contributed by atoms with Gasteiger partial charge in [-0.1, -0.05) is 15.9 Å². The summed E-state index contributed by atoms with van der Waals surface area (Å²) in [5.74, 6) is -1.59. The van der Waals surface area contributed by atoms with E-state index in [1.165, 1.54) is 13.0 Å². The van der Waals surface area contributed by atoms with Crippen LogP contribution in [0.4, 0.5) is 17.6 Å². The van der Waals surface area contributed by atoms with Crippen molar-refractivity contribution in [2.45, 2.75) is 13.1 Å². The second kappa shape index (κ2) is 6.80. The van der Waals surface area contributed by atoms with Gasteiger partial charge in [0.1, 0.15) is 22.9 Å². The quantitative estimate of drug-likeness (QED) is 0.499. The van der Waals surface area contributed by atoms with Gasteiger partial charge in [0, 0.05) is 4.47 Å². The third-order valence-corrected chi connectivity index (χ3v) is 3.79. The number of aryl methyl sites for hydroxylation is 1. The molecule has 0 saturated heterocycles. The van der Waals surface area contributed by atoms with Crippen LogP contribution < -0.4 is 4.74 Å². The first-order valence-corrected chi connectivity index (χ1v) is 7.36. The fraction of sp³-hybridized carbons (Fsp3) is 0.188. The van der Waals surface area contributed by atoms with Crippen molar-refractivity contribution < 1.29 is 31.8 Å². The summed E-state index contributed by atoms with van der Waals surface area (Å²) in [6.07, 6.45) is -4.65. The molecule has 0 atom stereocenters. The van der Waals surface area contributed by atoms with Crippen molar-refractivity contribution in [3.8, 4) is 11.5 Å². The molecule has 3 nitrogen and oxygen atoms in total. The second-order valence-corrected chi connectivity index (χ2v) is 5.68. The fourth-order valence-corrected chi connectivity index (χ4v) is 2.54. The Morgan fingerprint density at radius 1 is 1.12 bits per heavy atom. The van der Waals surface area contributed by atoms with Gasteiger partial charge in [-0.3, -0.25) is 0 Å². The molecule has 2 aromatic carbocycles. The number of carbonyl (C=O) groups is 1. The molecule has 0 heterocycles. The first kappa shape index (κ1) is 18.3. The van der Waals surface area contributed by atoms with Gasteiger partial charge < -0.3 is 9.47 Å². The first-order valence-electron chi connectivity index (χ1n) is 6.56. The Labute approximate surface area is 143 Å². The van der Waals surface area contributed by atoms with Gasteiger partial charge in [-0.05, 0) is 42.8 Å². The van der Waals surface area contributed by atoms with Crippen LogP contribution in [0, 0.1) is 12.7 Å². The molecule has 128 valence electrons. The zero-order valence-corrected chi connectivity index (χ0v) is 14.1. The van der Waals surface area contributed by atoms with E-state index in [0.29, 0.717) is 11.6 Å². The third-order valence-electron chi connectivity index (χ3n) is 3.14. The minimum absolute atomic E-state index is 0.122. The van der Waals surface area contributed by atoms with Gasteiger partial charge in [0.25, 0.3) is 0 Å². The Hall–Kier alpha value is -2.09. The van der Waals surface area contributed by atoms with E-state index in [9.17, 15) is 22.4 Å². The van der Waals surface area contributed by atoms with Crippen molar-refractivity contribution in [1.82, 2.24) is 0 Å². The van der Waals surface area contributed by atoms with Gasteiger partial charge in [-0.2, -0.15) is 13.2 Å². The Morgan fingerprint density at radius 3 is 2.33 bits per heavy atom. The van der Waals surface area contributed by atoms with Gasteiger partial charge in [-0.15, -0.1) is 0 Å². The molecule has 2 aromatic rings. The first-order chi connectivity index (χ1) is 11.1. The van der Waals surface area contributed by atoms with Crippen LogP contribution in [0.15, 0.2) is 34.8 Å². The molecular weight excluding hydrogens is 396 g/mol. The van der Waals surface area contributed by atoms with E-state index >= 15 is 0 Å². The number of carbonyl (C=O) groups excluding carboxylic acids is 1. The maximum Gasteiger partial charge on any atom is 0.417 e. The normalized spacial score (nSPS) is 11.3. The van der Waals surface area contributed by atoms with Crippen LogP contribution in [0.3, 0.4) is 0 Å². The number of rotatable bonds is 3. The highest BCUT2D eigenvalue weighted by molar-refractivity contribution is 9.10. The summed E-state index contributed by atoms with van der Waals surface area (Å²) in [7, 11) is 1.10. The molecule has 0 radical (unpaired) electrons. The molecular formula is C16H11BrF4O3. The summed E-state index contributed by atoms with van der Waals surface area (Å²) in [5, 5.41) is 0. The number of benzene rings is 2. The third kappa shape index (κ3) is 3.87. The highest BCUT2D eigenvalue weighted by atomic mass is 79.9. The Morgan fingerprint density at radius 2 is 1.79 bits per heavy atom. The Bertz CT molecular complexity index is 788. The SMILES string of the molecule is COC(=O)c1cc(Br)c(C(F)(F)F)cc1Oc1ccc(F)cc1C. The van der Waals surface area contributed by atoms with Crippen molar-refractivity contribution in [1.29, 1.82) is 0 Å². The molecule has 0 aliphatic heterocycles. The zero-order chi connectivity index (χ0) is 18.1. The lowest BCUT2D eigenvalue weighted by molar-refractivity contribution is -0.138. The maximum atomic E-state index is 13.1. The average molecular weight is 407 g/mol. The van der Waals surface area contributed by atoms with Crippen LogP contribution in [0.25, 0.3) is 0 Å². The minimum atomic E-state index is -4.65. The van der Waals surface area contributed by atoms with Crippen molar-refractivity contribution in [3.63, 3.8) is 0 Å². The zero-order valence-electron chi connectivity index (χ0n) is 12.5. The average Bonchev–Trinajstić information content (AvgIpc) is 2.49. The summed E-state index contributed by atoms with van der Waals surface area (Å²) in [6, 6.07) is 5.20. The van der Waals surface area contributed by atoms with Crippen molar-refractivity contribution in [3.05, 3.63) is 57.3 Å². The highest BCUT2D eigenvalue weighted by Crippen LogP contribution is 2.40. The standard InChI is InChI=1S/C16H11BrF4O3/c1-8-5-9(18)3-4-13(8)24-14-7-11(16(19,20)21)12(17)6-10(14)15(22)23-2/h3-7H,1-2H3. The molecule has 0 unspecified atom stereocenters. The predicted molar refractivity (Wildman–Crippen MR) is 81.7 cm³/mol. The van der Waals surface area contributed by atoms with Crippen LogP contribution in [0.5, 0.6) is 11.5 Å². The lowest BCUT2D eigenvalue weighted by Gasteiger charge is -2.16. The summed E-state index contributed by atoms with van der Waals surface area (Å²) < 4.78 is 62.0. The predicted octanol–water partition coefficient (Wildman–Crippen LogP) is 5.49. The largest absolute Gasteiger partial charge is 0.465 e. The molecule has 0 aliphatic rings. The van der Waals surface area contributed by atoms with Crippen molar-refractivity contribution in [2.24, 2.45) is 0 Å². The van der Waals surface area contributed by atoms with E-state index < -0.39 is 23.5 Å². The van der Waals surface area contributed by atoms with Crippen LogP contribution in [-0.2, 0) is 10.9 Å². The molecule has 8 heteroatoms. The van der Waals surface area contributed by atoms with E-state index in [-0.39, 0.29) is 21.5 Å². The molecule has 0 N–H and O–H groups in total. The summed E-state index contributed by atoms with van der Waals surface area (Å²) in [4.78, 5) is 11.8. The second-order valence-electron chi connectivity index (χ2n) is 4.83. The van der Waals surface area contributed by atoms with Gasteiger partial charge in [0.05, 0.1) is 12.7 Å². The van der Waals surface area contributed by atoms with Crippen LogP contribution in [0.1, 0.15) is 21.5 Å². The molecule has 0 fully saturated rings. The van der Waals surface area contributed by atoms with Gasteiger partial charge >= 0.3 is 12.1 Å². The number of halogens is 5. The van der Waals surface area contributed by atoms with Crippen LogP contribution in [0.2, 0.25) is 0 Å². The van der Waals surface area contributed by atoms with Gasteiger partial charge in [-0.25, -0.2) is 9.18 Å². The lowest BCUT2D eigenvalue weighted by atomic mass is 10.1. The fourth-order valence-electron chi connectivity index (χ4n) is 1.97. The number of hydrogen-bond donors (Lipinski definition) is 0. The topological polar surface area (TPSA) is 35.5 Å². The molecule has 0 saturated carbocycles. The minimum Gasteiger partial charge on any atom is -0.465 e. The van der Waals surface area contributed by atoms with Gasteiger partial charge in [0.2, 0.25) is 0 Å². The van der Waals surface area contributed by atoms with Crippen LogP contribution in [-0.4, -0.2) is 13.1 Å². The van der Waals surface area contributed by atoms with Crippen molar-refractivity contribution >= 4 is 21.9 Å². The number of esters is 1. The van der Waals surface area contributed by atoms with Crippen molar-refractivity contribution in [2.75, 3.05) is 7.11 Å². The summed E-state index contributed by atoms with van der Waals surface area (Å²) >= 11 is 2.79. The van der Waals surface area contributed by atoms with E-state index in [1.54, 1.807) is 0 Å². The summed E-state index contributed by atoms with van der Waals surface area (Å²) in [6.45, 7) is 1.53. The number of ether oxygens (including phenoxy) is 2. The van der Waals surface area contributed by atoms with E-state index in [2.05, 4.69) is 20.7 Å². The van der Waals surface area contributed by atoms with E-state index in [4.69, 9.17) is 4.74 Å². The van der Waals surface area contributed by atoms with E-state index in [1.807, 2.05) is 0 Å². The Balaban J connectivity index is 2.58. The Kier molecular flexibility index (Phi) is 5.17. The monoisotopic (exact) mass is 406 g/mol. The molecule has 0 spiro atoms. The molecule has 2 rings (SSSR count). The smallest absolute Gasteiger partial charge is 0.417 e. The maximum absolute atomic E-state index is 13.1. The molecule has 0 amide bonds. The lowest BCUT2D eigenvalue weighted by Crippen LogP contribution is -2.10. The molecule has 0 aromatic heterocycles. The summed E-state index contributed by atoms with van der Waals surface area (Å²) in [5.41, 5.74) is -0.840. The van der Waals surface area contributed by atoms with E-state index in [0.717, 1.165) is 25.3 Å².